The van der Waals surface area contributed by atoms with Gasteiger partial charge in [-0.1, -0.05) is 30.7 Å². The Morgan fingerprint density at radius 3 is 2.58 bits per heavy atom. The van der Waals surface area contributed by atoms with Crippen molar-refractivity contribution < 1.29 is 14.8 Å². The molecule has 1 N–H and O–H groups in total. The van der Waals surface area contributed by atoms with Crippen molar-refractivity contribution in [3.05, 3.63) is 68.2 Å². The molecule has 2 rings (SSSR count). The maximum atomic E-state index is 11.9. The van der Waals surface area contributed by atoms with Crippen LogP contribution in [-0.4, -0.2) is 17.0 Å². The molecule has 0 fully saturated rings. The van der Waals surface area contributed by atoms with E-state index in [4.69, 9.17) is 11.6 Å². The Bertz CT molecular complexity index is 804. The molecule has 0 aliphatic carbocycles. The van der Waals surface area contributed by atoms with E-state index in [-0.39, 0.29) is 10.6 Å². The SMILES string of the molecule is CCc1ccc(C(=O)N/N=C\c2cc(Cl)cc([N+](=O)[O-])c2[O-])cc1. The highest BCUT2D eigenvalue weighted by Crippen LogP contribution is 2.29. The second kappa shape index (κ2) is 7.56. The largest absolute Gasteiger partial charge is 0.867 e. The van der Waals surface area contributed by atoms with Gasteiger partial charge in [0.2, 0.25) is 0 Å². The zero-order valence-corrected chi connectivity index (χ0v) is 13.4. The van der Waals surface area contributed by atoms with Gasteiger partial charge in [-0.05, 0) is 41.5 Å². The van der Waals surface area contributed by atoms with E-state index in [1.54, 1.807) is 12.1 Å². The smallest absolute Gasteiger partial charge is 0.271 e. The number of nitrogens with zero attached hydrogens (tertiary/aromatic N) is 2. The molecule has 0 atom stereocenters. The summed E-state index contributed by atoms with van der Waals surface area (Å²) >= 11 is 5.74. The summed E-state index contributed by atoms with van der Waals surface area (Å²) in [6.07, 6.45) is 1.89. The summed E-state index contributed by atoms with van der Waals surface area (Å²) in [7, 11) is 0. The summed E-state index contributed by atoms with van der Waals surface area (Å²) in [5.41, 5.74) is 3.03. The Hall–Kier alpha value is -2.93. The number of benzene rings is 2. The first-order valence-corrected chi connectivity index (χ1v) is 7.37. The number of carbonyl (C=O) groups is 1. The van der Waals surface area contributed by atoms with Gasteiger partial charge in [-0.3, -0.25) is 14.9 Å². The van der Waals surface area contributed by atoms with Crippen LogP contribution in [0, 0.1) is 10.1 Å². The normalized spacial score (nSPS) is 10.8. The third-order valence-electron chi connectivity index (χ3n) is 3.25. The van der Waals surface area contributed by atoms with Gasteiger partial charge in [0.15, 0.2) is 0 Å². The van der Waals surface area contributed by atoms with Crippen molar-refractivity contribution in [3.8, 4) is 5.75 Å². The molecule has 124 valence electrons. The van der Waals surface area contributed by atoms with Crippen molar-refractivity contribution in [1.82, 2.24) is 5.43 Å². The van der Waals surface area contributed by atoms with Crippen LogP contribution in [0.25, 0.3) is 0 Å². The molecule has 7 nitrogen and oxygen atoms in total. The quantitative estimate of drug-likeness (QED) is 0.510. The van der Waals surface area contributed by atoms with Crippen LogP contribution in [0.2, 0.25) is 5.02 Å². The van der Waals surface area contributed by atoms with Crippen LogP contribution in [0.5, 0.6) is 5.75 Å². The molecule has 0 heterocycles. The average molecular weight is 347 g/mol. The molecule has 1 amide bonds. The van der Waals surface area contributed by atoms with Crippen LogP contribution in [-0.2, 0) is 6.42 Å². The van der Waals surface area contributed by atoms with Crippen molar-refractivity contribution in [2.24, 2.45) is 5.10 Å². The summed E-state index contributed by atoms with van der Waals surface area (Å²) < 4.78 is 0. The molecule has 0 unspecified atom stereocenters. The van der Waals surface area contributed by atoms with Crippen LogP contribution in [0.4, 0.5) is 5.69 Å². The monoisotopic (exact) mass is 346 g/mol. The highest BCUT2D eigenvalue weighted by molar-refractivity contribution is 6.31. The fourth-order valence-corrected chi connectivity index (χ4v) is 2.17. The summed E-state index contributed by atoms with van der Waals surface area (Å²) in [4.78, 5) is 21.9. The molecular formula is C16H13ClN3O4-. The van der Waals surface area contributed by atoms with E-state index in [1.807, 2.05) is 19.1 Å². The van der Waals surface area contributed by atoms with E-state index in [0.29, 0.717) is 5.56 Å². The van der Waals surface area contributed by atoms with E-state index >= 15 is 0 Å². The maximum absolute atomic E-state index is 11.9. The second-order valence-corrected chi connectivity index (χ2v) is 5.29. The summed E-state index contributed by atoms with van der Waals surface area (Å²) in [5.74, 6) is -1.28. The first kappa shape index (κ1) is 17.4. The Balaban J connectivity index is 2.13. The summed E-state index contributed by atoms with van der Waals surface area (Å²) in [5, 5.41) is 26.3. The van der Waals surface area contributed by atoms with Gasteiger partial charge in [0.1, 0.15) is 0 Å². The molecule has 2 aromatic carbocycles. The van der Waals surface area contributed by atoms with Crippen molar-refractivity contribution in [2.75, 3.05) is 0 Å². The maximum Gasteiger partial charge on any atom is 0.271 e. The lowest BCUT2D eigenvalue weighted by atomic mass is 10.1. The number of amides is 1. The topological polar surface area (TPSA) is 108 Å². The fourth-order valence-electron chi connectivity index (χ4n) is 1.95. The van der Waals surface area contributed by atoms with E-state index in [0.717, 1.165) is 24.3 Å². The Labute approximate surface area is 142 Å². The number of rotatable bonds is 5. The van der Waals surface area contributed by atoms with Gasteiger partial charge in [-0.15, -0.1) is 0 Å². The Morgan fingerprint density at radius 1 is 1.33 bits per heavy atom. The number of hydrogen-bond donors (Lipinski definition) is 1. The summed E-state index contributed by atoms with van der Waals surface area (Å²) in [6.45, 7) is 2.00. The zero-order valence-electron chi connectivity index (χ0n) is 12.7. The molecule has 2 aromatic rings. The van der Waals surface area contributed by atoms with Gasteiger partial charge < -0.3 is 5.11 Å². The predicted molar refractivity (Wildman–Crippen MR) is 88.4 cm³/mol. The van der Waals surface area contributed by atoms with Gasteiger partial charge in [0, 0.05) is 16.7 Å². The fraction of sp³-hybridized carbons (Fsp3) is 0.125. The number of halogens is 1. The number of aryl methyl sites for hydroxylation is 1. The lowest BCUT2D eigenvalue weighted by Crippen LogP contribution is -2.17. The van der Waals surface area contributed by atoms with Crippen molar-refractivity contribution >= 4 is 29.4 Å². The molecule has 0 saturated heterocycles. The molecule has 0 saturated carbocycles. The van der Waals surface area contributed by atoms with Crippen molar-refractivity contribution in [2.45, 2.75) is 13.3 Å². The Morgan fingerprint density at radius 2 is 2.00 bits per heavy atom. The molecule has 24 heavy (non-hydrogen) atoms. The van der Waals surface area contributed by atoms with Crippen LogP contribution < -0.4 is 10.5 Å². The molecular weight excluding hydrogens is 334 g/mol. The third-order valence-corrected chi connectivity index (χ3v) is 3.47. The first-order chi connectivity index (χ1) is 11.4. The average Bonchev–Trinajstić information content (AvgIpc) is 2.57. The van der Waals surface area contributed by atoms with E-state index in [9.17, 15) is 20.0 Å². The van der Waals surface area contributed by atoms with Crippen LogP contribution in [0.15, 0.2) is 41.5 Å². The highest BCUT2D eigenvalue weighted by atomic mass is 35.5. The van der Waals surface area contributed by atoms with Gasteiger partial charge in [0.25, 0.3) is 11.6 Å². The van der Waals surface area contributed by atoms with Gasteiger partial charge >= 0.3 is 0 Å². The minimum Gasteiger partial charge on any atom is -0.867 e. The number of nitrogens with one attached hydrogen (secondary N) is 1. The Kier molecular flexibility index (Phi) is 5.49. The summed E-state index contributed by atoms with van der Waals surface area (Å²) in [6, 6.07) is 9.18. The molecule has 0 aliphatic heterocycles. The highest BCUT2D eigenvalue weighted by Gasteiger charge is 2.11. The minimum atomic E-state index is -0.824. The van der Waals surface area contributed by atoms with E-state index in [2.05, 4.69) is 10.5 Å². The van der Waals surface area contributed by atoms with Crippen LogP contribution in [0.3, 0.4) is 0 Å². The van der Waals surface area contributed by atoms with E-state index in [1.165, 1.54) is 6.07 Å². The number of nitro benzene ring substituents is 1. The molecule has 0 bridgehead atoms. The zero-order chi connectivity index (χ0) is 17.7. The van der Waals surface area contributed by atoms with Crippen molar-refractivity contribution in [1.29, 1.82) is 0 Å². The third kappa shape index (κ3) is 4.08. The number of carbonyl (C=O) groups excluding carboxylic acids is 1. The molecule has 0 aliphatic rings. The first-order valence-electron chi connectivity index (χ1n) is 6.99. The van der Waals surface area contributed by atoms with E-state index < -0.39 is 22.3 Å². The number of hydrogen-bond acceptors (Lipinski definition) is 5. The molecule has 0 spiro atoms. The molecule has 0 aromatic heterocycles. The predicted octanol–water partition coefficient (Wildman–Crippen LogP) is 2.65. The lowest BCUT2D eigenvalue weighted by Gasteiger charge is -2.10. The molecule has 0 radical (unpaired) electrons. The lowest BCUT2D eigenvalue weighted by molar-refractivity contribution is -0.398. The standard InChI is InChI=1S/C16H14ClN3O4/c1-2-10-3-5-11(6-4-10)16(22)19-18-9-12-7-13(17)8-14(15(12)21)20(23)24/h3-9,21H,2H2,1H3,(H,19,22)/p-1/b18-9-. The number of nitro groups is 1. The van der Waals surface area contributed by atoms with Gasteiger partial charge in [-0.2, -0.15) is 5.10 Å². The van der Waals surface area contributed by atoms with Crippen LogP contribution >= 0.6 is 11.6 Å². The van der Waals surface area contributed by atoms with Crippen molar-refractivity contribution in [3.63, 3.8) is 0 Å². The van der Waals surface area contributed by atoms with Crippen LogP contribution in [0.1, 0.15) is 28.4 Å². The number of hydrazone groups is 1. The minimum absolute atomic E-state index is 0.0317. The second-order valence-electron chi connectivity index (χ2n) is 4.85. The van der Waals surface area contributed by atoms with Gasteiger partial charge in [0.05, 0.1) is 11.1 Å². The molecule has 8 heteroatoms. The van der Waals surface area contributed by atoms with Gasteiger partial charge in [-0.25, -0.2) is 5.43 Å².